The van der Waals surface area contributed by atoms with Crippen LogP contribution in [0.15, 0.2) is 36.4 Å². The number of carbonyl (C=O) groups is 1. The molecule has 1 saturated heterocycles. The maximum absolute atomic E-state index is 13.1. The van der Waals surface area contributed by atoms with Crippen molar-refractivity contribution in [1.29, 1.82) is 0 Å². The maximum Gasteiger partial charge on any atom is 0.252 e. The molecule has 1 aliphatic heterocycles. The van der Waals surface area contributed by atoms with Crippen molar-refractivity contribution in [1.82, 2.24) is 20.1 Å². The molecule has 7 nitrogen and oxygen atoms in total. The average molecular weight is 441 g/mol. The molecule has 1 unspecified atom stereocenters. The molecule has 164 valence electrons. The van der Waals surface area contributed by atoms with Crippen LogP contribution < -0.4 is 5.32 Å². The molecular weight excluding hydrogens is 412 g/mol. The fourth-order valence-corrected chi connectivity index (χ4v) is 5.73. The van der Waals surface area contributed by atoms with Gasteiger partial charge in [0, 0.05) is 12.1 Å². The van der Waals surface area contributed by atoms with Gasteiger partial charge in [0.2, 0.25) is 0 Å². The highest BCUT2D eigenvalue weighted by Gasteiger charge is 2.32. The Labute approximate surface area is 182 Å². The van der Waals surface area contributed by atoms with Gasteiger partial charge in [-0.1, -0.05) is 44.2 Å². The third-order valence-corrected chi connectivity index (χ3v) is 7.46. The molecule has 31 heavy (non-hydrogen) atoms. The van der Waals surface area contributed by atoms with Crippen LogP contribution in [-0.2, 0) is 9.84 Å². The molecule has 1 aromatic carbocycles. The van der Waals surface area contributed by atoms with Crippen LogP contribution in [0.4, 0.5) is 0 Å². The van der Waals surface area contributed by atoms with Gasteiger partial charge in [-0.2, -0.15) is 5.10 Å². The van der Waals surface area contributed by atoms with Gasteiger partial charge in [0.05, 0.1) is 39.9 Å². The lowest BCUT2D eigenvalue weighted by atomic mass is 10.0. The van der Waals surface area contributed by atoms with E-state index in [2.05, 4.69) is 24.3 Å². The quantitative estimate of drug-likeness (QED) is 0.633. The van der Waals surface area contributed by atoms with E-state index in [0.29, 0.717) is 46.9 Å². The van der Waals surface area contributed by atoms with E-state index in [9.17, 15) is 13.2 Å². The number of benzene rings is 1. The first kappa shape index (κ1) is 21.5. The van der Waals surface area contributed by atoms with Gasteiger partial charge in [-0.25, -0.2) is 18.1 Å². The third kappa shape index (κ3) is 4.49. The summed E-state index contributed by atoms with van der Waals surface area (Å²) in [6.07, 6.45) is 1.40. The number of fused-ring (bicyclic) bond motifs is 1. The molecular formula is C23H28N4O3S. The number of amides is 1. The van der Waals surface area contributed by atoms with Crippen molar-refractivity contribution in [3.05, 3.63) is 47.7 Å². The number of nitrogens with zero attached hydrogens (tertiary/aromatic N) is 3. The third-order valence-electron chi connectivity index (χ3n) is 5.71. The lowest BCUT2D eigenvalue weighted by Gasteiger charge is -2.13. The van der Waals surface area contributed by atoms with Gasteiger partial charge in [0.15, 0.2) is 15.5 Å². The Morgan fingerprint density at radius 1 is 1.26 bits per heavy atom. The van der Waals surface area contributed by atoms with Crippen LogP contribution in [0.2, 0.25) is 0 Å². The van der Waals surface area contributed by atoms with Crippen LogP contribution >= 0.6 is 0 Å². The van der Waals surface area contributed by atoms with Crippen LogP contribution in [-0.4, -0.2) is 47.1 Å². The Bertz CT molecular complexity index is 1220. The summed E-state index contributed by atoms with van der Waals surface area (Å²) in [4.78, 5) is 18.0. The Morgan fingerprint density at radius 3 is 2.65 bits per heavy atom. The standard InChI is InChI=1S/C23H28N4O3S/c1-15(2)9-11-24-23(28)19-13-20(17-7-5-4-6-8-17)25-22-21(19)16(3)26-27(22)18-10-12-31(29,30)14-18/h4-8,13,15,18H,9-12,14H2,1-3H3,(H,24,28). The van der Waals surface area contributed by atoms with Gasteiger partial charge in [-0.3, -0.25) is 4.79 Å². The lowest BCUT2D eigenvalue weighted by Crippen LogP contribution is -2.25. The van der Waals surface area contributed by atoms with Crippen molar-refractivity contribution < 1.29 is 13.2 Å². The predicted octanol–water partition coefficient (Wildman–Crippen LogP) is 3.54. The van der Waals surface area contributed by atoms with Crippen LogP contribution in [0.1, 0.15) is 48.8 Å². The highest BCUT2D eigenvalue weighted by molar-refractivity contribution is 7.91. The molecule has 8 heteroatoms. The number of carbonyl (C=O) groups excluding carboxylic acids is 1. The molecule has 1 fully saturated rings. The Morgan fingerprint density at radius 2 is 2.00 bits per heavy atom. The largest absolute Gasteiger partial charge is 0.352 e. The topological polar surface area (TPSA) is 93.9 Å². The highest BCUT2D eigenvalue weighted by Crippen LogP contribution is 2.32. The molecule has 0 radical (unpaired) electrons. The van der Waals surface area contributed by atoms with E-state index < -0.39 is 9.84 Å². The first-order valence-corrected chi connectivity index (χ1v) is 12.5. The number of sulfone groups is 1. The second-order valence-electron chi connectivity index (χ2n) is 8.64. The van der Waals surface area contributed by atoms with E-state index in [-0.39, 0.29) is 23.5 Å². The van der Waals surface area contributed by atoms with Crippen molar-refractivity contribution in [2.75, 3.05) is 18.1 Å². The zero-order valence-electron chi connectivity index (χ0n) is 18.1. The molecule has 0 saturated carbocycles. The molecule has 3 aromatic rings. The van der Waals surface area contributed by atoms with Crippen molar-refractivity contribution in [2.24, 2.45) is 5.92 Å². The average Bonchev–Trinajstić information content (AvgIpc) is 3.26. The van der Waals surface area contributed by atoms with Gasteiger partial charge in [-0.05, 0) is 31.7 Å². The second-order valence-corrected chi connectivity index (χ2v) is 10.9. The number of hydrogen-bond donors (Lipinski definition) is 1. The summed E-state index contributed by atoms with van der Waals surface area (Å²) < 4.78 is 25.9. The lowest BCUT2D eigenvalue weighted by molar-refractivity contribution is 0.0953. The van der Waals surface area contributed by atoms with Crippen molar-refractivity contribution in [3.63, 3.8) is 0 Å². The normalized spacial score (nSPS) is 18.0. The summed E-state index contributed by atoms with van der Waals surface area (Å²) in [6, 6.07) is 11.2. The van der Waals surface area contributed by atoms with Gasteiger partial charge in [0.1, 0.15) is 0 Å². The summed E-state index contributed by atoms with van der Waals surface area (Å²) in [7, 11) is -3.08. The van der Waals surface area contributed by atoms with Crippen LogP contribution in [0.25, 0.3) is 22.3 Å². The van der Waals surface area contributed by atoms with Gasteiger partial charge < -0.3 is 5.32 Å². The fraction of sp³-hybridized carbons (Fsp3) is 0.435. The van der Waals surface area contributed by atoms with E-state index >= 15 is 0 Å². The number of aryl methyl sites for hydroxylation is 1. The first-order chi connectivity index (χ1) is 14.7. The molecule has 0 bridgehead atoms. The highest BCUT2D eigenvalue weighted by atomic mass is 32.2. The summed E-state index contributed by atoms with van der Waals surface area (Å²) in [6.45, 7) is 6.67. The van der Waals surface area contributed by atoms with E-state index in [0.717, 1.165) is 12.0 Å². The number of nitrogens with one attached hydrogen (secondary N) is 1. The van der Waals surface area contributed by atoms with E-state index in [4.69, 9.17) is 4.98 Å². The summed E-state index contributed by atoms with van der Waals surface area (Å²) in [5, 5.41) is 8.34. The number of pyridine rings is 1. The van der Waals surface area contributed by atoms with Crippen molar-refractivity contribution in [2.45, 2.75) is 39.7 Å². The predicted molar refractivity (Wildman–Crippen MR) is 122 cm³/mol. The van der Waals surface area contributed by atoms with Crippen LogP contribution in [0, 0.1) is 12.8 Å². The Kier molecular flexibility index (Phi) is 5.83. The number of aromatic nitrogens is 3. The SMILES string of the molecule is Cc1nn(C2CCS(=O)(=O)C2)c2nc(-c3ccccc3)cc(C(=O)NCCC(C)C)c12. The van der Waals surface area contributed by atoms with Crippen molar-refractivity contribution in [3.8, 4) is 11.3 Å². The number of hydrogen-bond acceptors (Lipinski definition) is 5. The maximum atomic E-state index is 13.1. The Balaban J connectivity index is 1.84. The van der Waals surface area contributed by atoms with Gasteiger partial charge >= 0.3 is 0 Å². The Hall–Kier alpha value is -2.74. The summed E-state index contributed by atoms with van der Waals surface area (Å²) in [5.74, 6) is 0.536. The monoisotopic (exact) mass is 440 g/mol. The summed E-state index contributed by atoms with van der Waals surface area (Å²) in [5.41, 5.74) is 3.33. The zero-order valence-corrected chi connectivity index (χ0v) is 18.9. The minimum atomic E-state index is -3.08. The molecule has 2 aromatic heterocycles. The molecule has 0 aliphatic carbocycles. The van der Waals surface area contributed by atoms with E-state index in [1.54, 1.807) is 4.68 Å². The van der Waals surface area contributed by atoms with Crippen molar-refractivity contribution >= 4 is 26.8 Å². The molecule has 4 rings (SSSR count). The molecule has 1 atom stereocenters. The molecule has 3 heterocycles. The van der Waals surface area contributed by atoms with E-state index in [1.165, 1.54) is 0 Å². The van der Waals surface area contributed by atoms with Gasteiger partial charge in [0.25, 0.3) is 5.91 Å². The minimum Gasteiger partial charge on any atom is -0.352 e. The molecule has 1 N–H and O–H groups in total. The molecule has 1 aliphatic rings. The second kappa shape index (κ2) is 8.42. The number of rotatable bonds is 6. The van der Waals surface area contributed by atoms with E-state index in [1.807, 2.05) is 43.3 Å². The van der Waals surface area contributed by atoms with Crippen LogP contribution in [0.5, 0.6) is 0 Å². The smallest absolute Gasteiger partial charge is 0.252 e. The molecule has 1 amide bonds. The fourth-order valence-electron chi connectivity index (χ4n) is 4.04. The zero-order chi connectivity index (χ0) is 22.2. The van der Waals surface area contributed by atoms with Gasteiger partial charge in [-0.15, -0.1) is 0 Å². The first-order valence-electron chi connectivity index (χ1n) is 10.7. The van der Waals surface area contributed by atoms with Crippen LogP contribution in [0.3, 0.4) is 0 Å². The summed E-state index contributed by atoms with van der Waals surface area (Å²) >= 11 is 0. The molecule has 0 spiro atoms. The minimum absolute atomic E-state index is 0.0520.